The van der Waals surface area contributed by atoms with Crippen LogP contribution in [0.25, 0.3) is 0 Å². The van der Waals surface area contributed by atoms with Gasteiger partial charge in [-0.25, -0.2) is 13.2 Å². The first-order valence-electron chi connectivity index (χ1n) is 8.57. The standard InChI is InChI=1S/C20H28BrF3O2S/c1-8-11-26-18(5,6)20(23,24)19(7,13-27(25)17(2,3)4)15-12-14(21)9-10-16(15)22/h8-10,12H,1,11,13H2,2-7H3/t19-,27+/m1/s1. The van der Waals surface area contributed by atoms with Crippen molar-refractivity contribution in [1.29, 1.82) is 0 Å². The van der Waals surface area contributed by atoms with Crippen LogP contribution in [0.4, 0.5) is 13.2 Å². The minimum atomic E-state index is -3.54. The molecule has 2 nitrogen and oxygen atoms in total. The first kappa shape index (κ1) is 24.4. The summed E-state index contributed by atoms with van der Waals surface area (Å²) in [6, 6.07) is 3.90. The second-order valence-electron chi connectivity index (χ2n) is 8.24. The van der Waals surface area contributed by atoms with E-state index < -0.39 is 44.1 Å². The van der Waals surface area contributed by atoms with Crippen LogP contribution in [0.15, 0.2) is 35.3 Å². The zero-order valence-electron chi connectivity index (χ0n) is 16.7. The van der Waals surface area contributed by atoms with Crippen LogP contribution in [0.2, 0.25) is 0 Å². The largest absolute Gasteiger partial charge is 0.365 e. The summed E-state index contributed by atoms with van der Waals surface area (Å²) < 4.78 is 64.3. The Balaban J connectivity index is 3.65. The molecule has 2 atom stereocenters. The van der Waals surface area contributed by atoms with Crippen molar-refractivity contribution in [2.24, 2.45) is 0 Å². The predicted molar refractivity (Wildman–Crippen MR) is 109 cm³/mol. The Morgan fingerprint density at radius 1 is 1.19 bits per heavy atom. The van der Waals surface area contributed by atoms with E-state index in [1.165, 1.54) is 39.0 Å². The Morgan fingerprint density at radius 2 is 1.74 bits per heavy atom. The molecule has 0 spiro atoms. The highest BCUT2D eigenvalue weighted by Gasteiger charge is 2.62. The number of halogens is 4. The van der Waals surface area contributed by atoms with Gasteiger partial charge in [-0.05, 0) is 59.7 Å². The van der Waals surface area contributed by atoms with Crippen molar-refractivity contribution < 1.29 is 22.1 Å². The van der Waals surface area contributed by atoms with Gasteiger partial charge in [-0.2, -0.15) is 0 Å². The summed E-state index contributed by atoms with van der Waals surface area (Å²) in [4.78, 5) is 0. The van der Waals surface area contributed by atoms with E-state index in [9.17, 15) is 8.60 Å². The number of hydrogen-bond acceptors (Lipinski definition) is 2. The zero-order chi connectivity index (χ0) is 21.3. The monoisotopic (exact) mass is 468 g/mol. The van der Waals surface area contributed by atoms with Crippen molar-refractivity contribution in [2.75, 3.05) is 12.4 Å². The molecule has 27 heavy (non-hydrogen) atoms. The lowest BCUT2D eigenvalue weighted by molar-refractivity contribution is -0.217. The second-order valence-corrected chi connectivity index (χ2v) is 11.4. The normalized spacial score (nSPS) is 16.7. The van der Waals surface area contributed by atoms with E-state index >= 15 is 8.78 Å². The highest BCUT2D eigenvalue weighted by molar-refractivity contribution is 9.10. The molecule has 0 radical (unpaired) electrons. The summed E-state index contributed by atoms with van der Waals surface area (Å²) in [5, 5.41) is 0. The summed E-state index contributed by atoms with van der Waals surface area (Å²) >= 11 is 3.22. The molecule has 1 aromatic rings. The maximum absolute atomic E-state index is 15.8. The SMILES string of the molecule is C=CCOC(C)(C)C(F)(F)[C@](C)(C[S@](=O)C(C)(C)C)c1cc(Br)ccc1F. The van der Waals surface area contributed by atoms with Crippen LogP contribution in [0, 0.1) is 5.82 Å². The highest BCUT2D eigenvalue weighted by Crippen LogP contribution is 2.50. The molecule has 0 aromatic heterocycles. The van der Waals surface area contributed by atoms with E-state index in [4.69, 9.17) is 4.74 Å². The molecule has 7 heteroatoms. The maximum Gasteiger partial charge on any atom is 0.286 e. The molecule has 154 valence electrons. The molecule has 0 aliphatic carbocycles. The van der Waals surface area contributed by atoms with Gasteiger partial charge in [0.15, 0.2) is 0 Å². The molecule has 0 bridgehead atoms. The first-order valence-corrected chi connectivity index (χ1v) is 10.7. The number of hydrogen-bond donors (Lipinski definition) is 0. The lowest BCUT2D eigenvalue weighted by Crippen LogP contribution is -2.60. The number of ether oxygens (including phenoxy) is 1. The quantitative estimate of drug-likeness (QED) is 0.436. The van der Waals surface area contributed by atoms with Crippen molar-refractivity contribution in [1.82, 2.24) is 0 Å². The van der Waals surface area contributed by atoms with Crippen LogP contribution in [0.1, 0.15) is 47.1 Å². The van der Waals surface area contributed by atoms with Crippen LogP contribution >= 0.6 is 15.9 Å². The molecule has 0 aliphatic heterocycles. The van der Waals surface area contributed by atoms with Gasteiger partial charge in [0.1, 0.15) is 11.4 Å². The van der Waals surface area contributed by atoms with Gasteiger partial charge in [-0.15, -0.1) is 6.58 Å². The Labute approximate surface area is 171 Å². The molecule has 0 amide bonds. The minimum Gasteiger partial charge on any atom is -0.365 e. The Hall–Kier alpha value is -0.660. The van der Waals surface area contributed by atoms with Gasteiger partial charge < -0.3 is 4.74 Å². The van der Waals surface area contributed by atoms with Crippen LogP contribution < -0.4 is 0 Å². The molecule has 1 rings (SSSR count). The van der Waals surface area contributed by atoms with Gasteiger partial charge in [0.05, 0.1) is 12.0 Å². The second kappa shape index (κ2) is 8.37. The van der Waals surface area contributed by atoms with Gasteiger partial charge in [0.2, 0.25) is 0 Å². The van der Waals surface area contributed by atoms with Crippen LogP contribution in [-0.2, 0) is 21.0 Å². The van der Waals surface area contributed by atoms with Crippen molar-refractivity contribution in [2.45, 2.75) is 63.2 Å². The van der Waals surface area contributed by atoms with E-state index in [1.807, 2.05) is 0 Å². The lowest BCUT2D eigenvalue weighted by atomic mass is 9.72. The highest BCUT2D eigenvalue weighted by atomic mass is 79.9. The van der Waals surface area contributed by atoms with E-state index in [2.05, 4.69) is 22.5 Å². The molecule has 0 saturated carbocycles. The molecule has 0 saturated heterocycles. The molecule has 0 unspecified atom stereocenters. The fourth-order valence-electron chi connectivity index (χ4n) is 2.76. The van der Waals surface area contributed by atoms with E-state index in [1.54, 1.807) is 20.8 Å². The number of rotatable bonds is 8. The minimum absolute atomic E-state index is 0.0814. The predicted octanol–water partition coefficient (Wildman–Crippen LogP) is 6.01. The van der Waals surface area contributed by atoms with Crippen LogP contribution in [0.3, 0.4) is 0 Å². The van der Waals surface area contributed by atoms with Gasteiger partial charge in [0, 0.05) is 31.3 Å². The Bertz CT molecular complexity index is 714. The molecule has 1 aromatic carbocycles. The summed E-state index contributed by atoms with van der Waals surface area (Å²) in [5.74, 6) is -4.73. The molecule has 0 fully saturated rings. The fraction of sp³-hybridized carbons (Fsp3) is 0.600. The van der Waals surface area contributed by atoms with Crippen molar-refractivity contribution >= 4 is 26.7 Å². The average molecular weight is 469 g/mol. The third-order valence-corrected chi connectivity index (χ3v) is 7.34. The molecular formula is C20H28BrF3O2S. The number of benzene rings is 1. The molecular weight excluding hydrogens is 441 g/mol. The third kappa shape index (κ3) is 5.04. The van der Waals surface area contributed by atoms with Crippen molar-refractivity contribution in [3.8, 4) is 0 Å². The average Bonchev–Trinajstić information content (AvgIpc) is 2.53. The number of alkyl halides is 2. The summed E-state index contributed by atoms with van der Waals surface area (Å²) in [5.41, 5.74) is -4.20. The molecule has 0 heterocycles. The topological polar surface area (TPSA) is 26.3 Å². The summed E-state index contributed by atoms with van der Waals surface area (Å²) in [7, 11) is -1.65. The van der Waals surface area contributed by atoms with Crippen LogP contribution in [0.5, 0.6) is 0 Å². The van der Waals surface area contributed by atoms with E-state index in [0.29, 0.717) is 4.47 Å². The molecule has 0 aliphatic rings. The summed E-state index contributed by atoms with van der Waals surface area (Å²) in [6.07, 6.45) is 1.38. The fourth-order valence-corrected chi connectivity index (χ4v) is 4.41. The van der Waals surface area contributed by atoms with Crippen LogP contribution in [-0.4, -0.2) is 32.8 Å². The zero-order valence-corrected chi connectivity index (χ0v) is 19.1. The Morgan fingerprint density at radius 3 is 2.22 bits per heavy atom. The van der Waals surface area contributed by atoms with Gasteiger partial charge >= 0.3 is 0 Å². The van der Waals surface area contributed by atoms with E-state index in [-0.39, 0.29) is 12.2 Å². The summed E-state index contributed by atoms with van der Waals surface area (Å²) in [6.45, 7) is 12.3. The Kier molecular flexibility index (Phi) is 7.56. The molecule has 0 N–H and O–H groups in total. The van der Waals surface area contributed by atoms with Gasteiger partial charge in [-0.3, -0.25) is 4.21 Å². The van der Waals surface area contributed by atoms with Gasteiger partial charge in [-0.1, -0.05) is 22.0 Å². The van der Waals surface area contributed by atoms with Gasteiger partial charge in [0.25, 0.3) is 5.92 Å². The lowest BCUT2D eigenvalue weighted by Gasteiger charge is -2.46. The van der Waals surface area contributed by atoms with Crippen molar-refractivity contribution in [3.05, 3.63) is 46.7 Å². The first-order chi connectivity index (χ1) is 12.1. The van der Waals surface area contributed by atoms with E-state index in [0.717, 1.165) is 6.07 Å². The van der Waals surface area contributed by atoms with Crippen molar-refractivity contribution in [3.63, 3.8) is 0 Å². The third-order valence-electron chi connectivity index (χ3n) is 4.64. The smallest absolute Gasteiger partial charge is 0.286 e. The maximum atomic E-state index is 15.8.